The first-order valence-corrected chi connectivity index (χ1v) is 10.2. The fourth-order valence-electron chi connectivity index (χ4n) is 3.96. The molecule has 1 aliphatic heterocycles. The average Bonchev–Trinajstić information content (AvgIpc) is 3.50. The van der Waals surface area contributed by atoms with Gasteiger partial charge in [-0.3, -0.25) is 14.7 Å². The van der Waals surface area contributed by atoms with Crippen LogP contribution in [-0.4, -0.2) is 62.6 Å². The van der Waals surface area contributed by atoms with Crippen LogP contribution in [0.5, 0.6) is 0 Å². The highest BCUT2D eigenvalue weighted by Crippen LogP contribution is 2.49. The summed E-state index contributed by atoms with van der Waals surface area (Å²) < 4.78 is 0. The van der Waals surface area contributed by atoms with Gasteiger partial charge in [0, 0.05) is 39.3 Å². The first kappa shape index (κ1) is 18.5. The van der Waals surface area contributed by atoms with Crippen molar-refractivity contribution in [2.75, 3.05) is 39.8 Å². The molecule has 0 unspecified atom stereocenters. The zero-order chi connectivity index (χ0) is 17.6. The third-order valence-electron chi connectivity index (χ3n) is 5.83. The molecule has 3 fully saturated rings. The van der Waals surface area contributed by atoms with Crippen LogP contribution in [0.15, 0.2) is 4.99 Å². The highest BCUT2D eigenvalue weighted by molar-refractivity contribution is 5.80. The van der Waals surface area contributed by atoms with Gasteiger partial charge in [0.2, 0.25) is 5.91 Å². The molecule has 0 aromatic carbocycles. The largest absolute Gasteiger partial charge is 0.358 e. The lowest BCUT2D eigenvalue weighted by Crippen LogP contribution is -2.50. The van der Waals surface area contributed by atoms with Crippen LogP contribution in [-0.2, 0) is 4.79 Å². The Balaban J connectivity index is 1.45. The zero-order valence-electron chi connectivity index (χ0n) is 15.9. The normalized spacial score (nSPS) is 22.9. The summed E-state index contributed by atoms with van der Waals surface area (Å²) in [5.41, 5.74) is 0. The molecule has 25 heavy (non-hydrogen) atoms. The summed E-state index contributed by atoms with van der Waals surface area (Å²) in [6.07, 6.45) is 7.82. The number of carbonyl (C=O) groups is 1. The molecule has 0 radical (unpaired) electrons. The lowest BCUT2D eigenvalue weighted by Gasteiger charge is -2.32. The van der Waals surface area contributed by atoms with Crippen molar-refractivity contribution >= 4 is 11.9 Å². The predicted octanol–water partition coefficient (Wildman–Crippen LogP) is 1.19. The molecule has 0 atom stereocenters. The molecule has 2 aliphatic carbocycles. The van der Waals surface area contributed by atoms with E-state index in [9.17, 15) is 4.79 Å². The maximum Gasteiger partial charge on any atom is 0.233 e. The quantitative estimate of drug-likeness (QED) is 0.455. The second-order valence-corrected chi connectivity index (χ2v) is 7.93. The van der Waals surface area contributed by atoms with Gasteiger partial charge in [0.15, 0.2) is 5.96 Å². The molecule has 1 amide bonds. The first-order chi connectivity index (χ1) is 12.2. The maximum absolute atomic E-state index is 11.5. The van der Waals surface area contributed by atoms with Crippen molar-refractivity contribution in [3.63, 3.8) is 0 Å². The Morgan fingerprint density at radius 3 is 2.28 bits per heavy atom. The molecule has 3 rings (SSSR count). The van der Waals surface area contributed by atoms with Crippen molar-refractivity contribution < 1.29 is 4.79 Å². The van der Waals surface area contributed by atoms with E-state index >= 15 is 0 Å². The average molecular weight is 350 g/mol. The number of carbonyl (C=O) groups excluding carboxylic acids is 1. The summed E-state index contributed by atoms with van der Waals surface area (Å²) in [5, 5.41) is 9.75. The van der Waals surface area contributed by atoms with Gasteiger partial charge in [0.1, 0.15) is 0 Å². The van der Waals surface area contributed by atoms with Crippen molar-refractivity contribution in [2.45, 2.75) is 51.5 Å². The van der Waals surface area contributed by atoms with Gasteiger partial charge in [-0.25, -0.2) is 0 Å². The topological polar surface area (TPSA) is 68.8 Å². The molecular weight excluding hydrogens is 314 g/mol. The molecule has 0 aromatic heterocycles. The number of likely N-dealkylation sites (N-methyl/N-ethyl adjacent to an activating group) is 1. The molecule has 3 N–H and O–H groups in total. The third-order valence-corrected chi connectivity index (χ3v) is 5.83. The minimum absolute atomic E-state index is 0.104. The van der Waals surface area contributed by atoms with E-state index in [-0.39, 0.29) is 5.91 Å². The number of amides is 1. The van der Waals surface area contributed by atoms with Gasteiger partial charge in [0.05, 0.1) is 6.54 Å². The molecule has 6 heteroatoms. The number of hydrogen-bond acceptors (Lipinski definition) is 3. The van der Waals surface area contributed by atoms with Crippen molar-refractivity contribution in [1.29, 1.82) is 0 Å². The Labute approximate surface area is 152 Å². The van der Waals surface area contributed by atoms with Crippen LogP contribution >= 0.6 is 0 Å². The van der Waals surface area contributed by atoms with Gasteiger partial charge < -0.3 is 16.0 Å². The molecule has 142 valence electrons. The van der Waals surface area contributed by atoms with Gasteiger partial charge in [0.25, 0.3) is 0 Å². The minimum atomic E-state index is 0.104. The Morgan fingerprint density at radius 2 is 1.76 bits per heavy atom. The Hall–Kier alpha value is -1.30. The van der Waals surface area contributed by atoms with Crippen molar-refractivity contribution in [3.8, 4) is 0 Å². The second kappa shape index (κ2) is 8.88. The molecule has 0 bridgehead atoms. The zero-order valence-corrected chi connectivity index (χ0v) is 15.9. The van der Waals surface area contributed by atoms with Crippen LogP contribution in [0.25, 0.3) is 0 Å². The molecule has 6 nitrogen and oxygen atoms in total. The summed E-state index contributed by atoms with van der Waals surface area (Å²) in [7, 11) is 1.70. The van der Waals surface area contributed by atoms with Gasteiger partial charge >= 0.3 is 0 Å². The fraction of sp³-hybridized carbons (Fsp3) is 0.895. The molecule has 0 aromatic rings. The molecular formula is C19H35N5O. The second-order valence-electron chi connectivity index (χ2n) is 7.93. The summed E-state index contributed by atoms with van der Waals surface area (Å²) >= 11 is 0. The molecule has 0 spiro atoms. The SMILES string of the molecule is CCNC(=NCC(C1CC1)C1CC1)NC1CCN(CC(=O)NC)CC1. The van der Waals surface area contributed by atoms with Crippen LogP contribution in [0.1, 0.15) is 45.4 Å². The number of piperidine rings is 1. The number of hydrogen-bond donors (Lipinski definition) is 3. The number of rotatable bonds is 8. The van der Waals surface area contributed by atoms with Crippen molar-refractivity contribution in [3.05, 3.63) is 0 Å². The van der Waals surface area contributed by atoms with Crippen LogP contribution in [0, 0.1) is 17.8 Å². The van der Waals surface area contributed by atoms with Gasteiger partial charge in [-0.05, 0) is 63.2 Å². The van der Waals surface area contributed by atoms with Crippen LogP contribution in [0.3, 0.4) is 0 Å². The van der Waals surface area contributed by atoms with Crippen molar-refractivity contribution in [1.82, 2.24) is 20.9 Å². The maximum atomic E-state index is 11.5. The van der Waals surface area contributed by atoms with Crippen LogP contribution in [0.4, 0.5) is 0 Å². The van der Waals surface area contributed by atoms with E-state index in [2.05, 4.69) is 27.8 Å². The summed E-state index contributed by atoms with van der Waals surface area (Å²) in [6, 6.07) is 0.457. The number of nitrogens with zero attached hydrogens (tertiary/aromatic N) is 2. The van der Waals surface area contributed by atoms with E-state index in [4.69, 9.17) is 4.99 Å². The predicted molar refractivity (Wildman–Crippen MR) is 102 cm³/mol. The Morgan fingerprint density at radius 1 is 1.12 bits per heavy atom. The van der Waals surface area contributed by atoms with Crippen LogP contribution in [0.2, 0.25) is 0 Å². The summed E-state index contributed by atoms with van der Waals surface area (Å²) in [4.78, 5) is 18.7. The molecule has 1 saturated heterocycles. The highest BCUT2D eigenvalue weighted by atomic mass is 16.1. The van der Waals surface area contributed by atoms with Crippen LogP contribution < -0.4 is 16.0 Å². The van der Waals surface area contributed by atoms with E-state index in [0.29, 0.717) is 12.6 Å². The van der Waals surface area contributed by atoms with E-state index in [1.807, 2.05) is 0 Å². The summed E-state index contributed by atoms with van der Waals surface area (Å²) in [5.74, 6) is 3.81. The summed E-state index contributed by atoms with van der Waals surface area (Å²) in [6.45, 7) is 6.47. The molecule has 1 heterocycles. The number of nitrogens with one attached hydrogen (secondary N) is 3. The Kier molecular flexibility index (Phi) is 6.57. The lowest BCUT2D eigenvalue weighted by atomic mass is 9.98. The van der Waals surface area contributed by atoms with E-state index in [1.54, 1.807) is 7.05 Å². The number of likely N-dealkylation sites (tertiary alicyclic amines) is 1. The third kappa shape index (κ3) is 5.87. The fourth-order valence-corrected chi connectivity index (χ4v) is 3.96. The van der Waals surface area contributed by atoms with E-state index < -0.39 is 0 Å². The van der Waals surface area contributed by atoms with Gasteiger partial charge in [-0.2, -0.15) is 0 Å². The van der Waals surface area contributed by atoms with E-state index in [1.165, 1.54) is 25.7 Å². The smallest absolute Gasteiger partial charge is 0.233 e. The monoisotopic (exact) mass is 349 g/mol. The first-order valence-electron chi connectivity index (χ1n) is 10.2. The Bertz CT molecular complexity index is 452. The number of guanidine groups is 1. The van der Waals surface area contributed by atoms with E-state index in [0.717, 1.165) is 62.7 Å². The van der Waals surface area contributed by atoms with Gasteiger partial charge in [-0.15, -0.1) is 0 Å². The minimum Gasteiger partial charge on any atom is -0.358 e. The number of aliphatic imine (C=N–C) groups is 1. The highest BCUT2D eigenvalue weighted by Gasteiger charge is 2.41. The van der Waals surface area contributed by atoms with Gasteiger partial charge in [-0.1, -0.05) is 0 Å². The molecule has 3 aliphatic rings. The lowest BCUT2D eigenvalue weighted by molar-refractivity contribution is -0.122. The molecule has 2 saturated carbocycles. The standard InChI is InChI=1S/C19H35N5O/c1-3-21-19(22-12-17(14-4-5-14)15-6-7-15)23-16-8-10-24(11-9-16)13-18(25)20-2/h14-17H,3-13H2,1-2H3,(H,20,25)(H2,21,22,23). The van der Waals surface area contributed by atoms with Crippen molar-refractivity contribution in [2.24, 2.45) is 22.7 Å².